The Labute approximate surface area is 126 Å². The summed E-state index contributed by atoms with van der Waals surface area (Å²) in [5.74, 6) is 0. The number of aromatic nitrogens is 1. The predicted molar refractivity (Wildman–Crippen MR) is 83.2 cm³/mol. The van der Waals surface area contributed by atoms with Crippen LogP contribution in [0.3, 0.4) is 0 Å². The summed E-state index contributed by atoms with van der Waals surface area (Å²) >= 11 is 1.91. The first-order valence-electron chi connectivity index (χ1n) is 8.07. The van der Waals surface area contributed by atoms with Crippen molar-refractivity contribution in [2.75, 3.05) is 13.7 Å². The molecule has 1 heterocycles. The van der Waals surface area contributed by atoms with Gasteiger partial charge in [-0.05, 0) is 38.6 Å². The molecule has 4 heteroatoms. The molecule has 1 atom stereocenters. The van der Waals surface area contributed by atoms with Gasteiger partial charge in [-0.25, -0.2) is 4.98 Å². The van der Waals surface area contributed by atoms with E-state index in [2.05, 4.69) is 12.2 Å². The lowest BCUT2D eigenvalue weighted by Gasteiger charge is -2.34. The van der Waals surface area contributed by atoms with E-state index in [1.165, 1.54) is 47.7 Å². The molecule has 0 radical (unpaired) electrons. The number of aryl methyl sites for hydroxylation is 1. The van der Waals surface area contributed by atoms with Gasteiger partial charge < -0.3 is 10.1 Å². The fourth-order valence-electron chi connectivity index (χ4n) is 3.68. The molecule has 2 aliphatic rings. The molecule has 3 rings (SSSR count). The maximum Gasteiger partial charge on any atom is 0.125 e. The van der Waals surface area contributed by atoms with Crippen molar-refractivity contribution in [2.24, 2.45) is 0 Å². The Balaban J connectivity index is 1.91. The molecule has 0 aliphatic heterocycles. The number of rotatable bonds is 4. The zero-order valence-corrected chi connectivity index (χ0v) is 13.5. The molecule has 3 nitrogen and oxygen atoms in total. The number of hydrogen-bond donors (Lipinski definition) is 1. The van der Waals surface area contributed by atoms with Crippen LogP contribution in [0.25, 0.3) is 0 Å². The molecule has 1 unspecified atom stereocenters. The standard InChI is InChI=1S/C16H26N2OS/c1-3-17-12-8-7-9-13-14(12)20-15(18-13)16(19-2)10-5-4-6-11-16/h12,17H,3-11H2,1-2H3. The number of thiazole rings is 1. The molecule has 0 spiro atoms. The van der Waals surface area contributed by atoms with E-state index in [9.17, 15) is 0 Å². The van der Waals surface area contributed by atoms with Crippen molar-refractivity contribution in [1.29, 1.82) is 0 Å². The van der Waals surface area contributed by atoms with Crippen molar-refractivity contribution >= 4 is 11.3 Å². The molecule has 0 amide bonds. The maximum atomic E-state index is 5.97. The predicted octanol–water partition coefficient (Wildman–Crippen LogP) is 3.94. The van der Waals surface area contributed by atoms with Crippen LogP contribution in [0.2, 0.25) is 0 Å². The van der Waals surface area contributed by atoms with Crippen molar-refractivity contribution in [3.05, 3.63) is 15.6 Å². The molecule has 1 fully saturated rings. The monoisotopic (exact) mass is 294 g/mol. The van der Waals surface area contributed by atoms with Gasteiger partial charge in [0.1, 0.15) is 10.6 Å². The van der Waals surface area contributed by atoms with E-state index >= 15 is 0 Å². The highest BCUT2D eigenvalue weighted by Gasteiger charge is 2.38. The topological polar surface area (TPSA) is 34.2 Å². The molecule has 0 aromatic carbocycles. The lowest BCUT2D eigenvalue weighted by molar-refractivity contribution is -0.0447. The van der Waals surface area contributed by atoms with Gasteiger partial charge in [0, 0.05) is 18.0 Å². The second-order valence-electron chi connectivity index (χ2n) is 6.09. The lowest BCUT2D eigenvalue weighted by atomic mass is 9.85. The van der Waals surface area contributed by atoms with Crippen molar-refractivity contribution in [3.63, 3.8) is 0 Å². The number of hydrogen-bond acceptors (Lipinski definition) is 4. The van der Waals surface area contributed by atoms with Gasteiger partial charge in [-0.2, -0.15) is 0 Å². The Morgan fingerprint density at radius 2 is 2.10 bits per heavy atom. The van der Waals surface area contributed by atoms with Gasteiger partial charge in [0.2, 0.25) is 0 Å². The van der Waals surface area contributed by atoms with E-state index in [4.69, 9.17) is 9.72 Å². The molecule has 1 aromatic rings. The van der Waals surface area contributed by atoms with E-state index < -0.39 is 0 Å². The summed E-state index contributed by atoms with van der Waals surface area (Å²) in [6.07, 6.45) is 9.83. The van der Waals surface area contributed by atoms with Crippen molar-refractivity contribution in [2.45, 2.75) is 69.9 Å². The Kier molecular flexibility index (Phi) is 4.43. The summed E-state index contributed by atoms with van der Waals surface area (Å²) in [4.78, 5) is 6.49. The van der Waals surface area contributed by atoms with E-state index in [-0.39, 0.29) is 5.60 Å². The number of ether oxygens (including phenoxy) is 1. The first-order valence-corrected chi connectivity index (χ1v) is 8.89. The number of nitrogens with zero attached hydrogens (tertiary/aromatic N) is 1. The zero-order chi connectivity index (χ0) is 14.0. The second kappa shape index (κ2) is 6.12. The van der Waals surface area contributed by atoms with Crippen LogP contribution in [0.15, 0.2) is 0 Å². The van der Waals surface area contributed by atoms with Crippen LogP contribution in [-0.2, 0) is 16.8 Å². The molecule has 1 aromatic heterocycles. The fourth-order valence-corrected chi connectivity index (χ4v) is 5.13. The third-order valence-electron chi connectivity index (χ3n) is 4.84. The van der Waals surface area contributed by atoms with Crippen molar-refractivity contribution in [1.82, 2.24) is 10.3 Å². The van der Waals surface area contributed by atoms with Gasteiger partial charge in [-0.3, -0.25) is 0 Å². The van der Waals surface area contributed by atoms with Gasteiger partial charge in [-0.15, -0.1) is 11.3 Å². The summed E-state index contributed by atoms with van der Waals surface area (Å²) in [5, 5.41) is 4.86. The Hall–Kier alpha value is -0.450. The Morgan fingerprint density at radius 1 is 1.30 bits per heavy atom. The molecular formula is C16H26N2OS. The van der Waals surface area contributed by atoms with Crippen LogP contribution in [0.5, 0.6) is 0 Å². The van der Waals surface area contributed by atoms with Gasteiger partial charge >= 0.3 is 0 Å². The summed E-state index contributed by atoms with van der Waals surface area (Å²) < 4.78 is 5.97. The van der Waals surface area contributed by atoms with Crippen LogP contribution in [0.4, 0.5) is 0 Å². The van der Waals surface area contributed by atoms with Crippen molar-refractivity contribution in [3.8, 4) is 0 Å². The van der Waals surface area contributed by atoms with Crippen LogP contribution in [-0.4, -0.2) is 18.6 Å². The molecule has 1 N–H and O–H groups in total. The highest BCUT2D eigenvalue weighted by atomic mass is 32.1. The quantitative estimate of drug-likeness (QED) is 0.913. The first-order chi connectivity index (χ1) is 9.79. The van der Waals surface area contributed by atoms with Crippen molar-refractivity contribution < 1.29 is 4.74 Å². The van der Waals surface area contributed by atoms with Crippen LogP contribution in [0.1, 0.15) is 73.5 Å². The third kappa shape index (κ3) is 2.53. The first kappa shape index (κ1) is 14.5. The normalized spacial score (nSPS) is 25.4. The van der Waals surface area contributed by atoms with Crippen LogP contribution in [0, 0.1) is 0 Å². The minimum absolute atomic E-state index is 0.0863. The van der Waals surface area contributed by atoms with E-state index in [0.29, 0.717) is 6.04 Å². The van der Waals surface area contributed by atoms with E-state index in [1.807, 2.05) is 18.4 Å². The Bertz CT molecular complexity index is 451. The summed E-state index contributed by atoms with van der Waals surface area (Å²) in [6.45, 7) is 3.22. The summed E-state index contributed by atoms with van der Waals surface area (Å²) in [5.41, 5.74) is 1.25. The maximum absolute atomic E-state index is 5.97. The number of methoxy groups -OCH3 is 1. The van der Waals surface area contributed by atoms with Gasteiger partial charge in [-0.1, -0.05) is 26.2 Å². The largest absolute Gasteiger partial charge is 0.371 e. The van der Waals surface area contributed by atoms with Gasteiger partial charge in [0.25, 0.3) is 0 Å². The van der Waals surface area contributed by atoms with Crippen LogP contribution < -0.4 is 5.32 Å². The number of nitrogens with one attached hydrogen (secondary N) is 1. The summed E-state index contributed by atoms with van der Waals surface area (Å²) in [7, 11) is 1.87. The van der Waals surface area contributed by atoms with E-state index in [0.717, 1.165) is 25.8 Å². The molecule has 1 saturated carbocycles. The highest BCUT2D eigenvalue weighted by Crippen LogP contribution is 2.45. The minimum atomic E-state index is -0.0863. The smallest absolute Gasteiger partial charge is 0.125 e. The second-order valence-corrected chi connectivity index (χ2v) is 7.12. The molecule has 2 aliphatic carbocycles. The zero-order valence-electron chi connectivity index (χ0n) is 12.7. The SMILES string of the molecule is CCNC1CCCc2nc(C3(OC)CCCCC3)sc21. The molecule has 0 bridgehead atoms. The average molecular weight is 294 g/mol. The third-order valence-corrected chi connectivity index (χ3v) is 6.24. The summed E-state index contributed by atoms with van der Waals surface area (Å²) in [6, 6.07) is 0.521. The average Bonchev–Trinajstić information content (AvgIpc) is 2.94. The molecular weight excluding hydrogens is 268 g/mol. The molecule has 0 saturated heterocycles. The molecule has 20 heavy (non-hydrogen) atoms. The lowest BCUT2D eigenvalue weighted by Crippen LogP contribution is -2.30. The van der Waals surface area contributed by atoms with Crippen LogP contribution >= 0.6 is 11.3 Å². The van der Waals surface area contributed by atoms with E-state index in [1.54, 1.807) is 0 Å². The van der Waals surface area contributed by atoms with Gasteiger partial charge in [0.15, 0.2) is 0 Å². The fraction of sp³-hybridized carbons (Fsp3) is 0.812. The minimum Gasteiger partial charge on any atom is -0.371 e. The Morgan fingerprint density at radius 3 is 2.80 bits per heavy atom. The van der Waals surface area contributed by atoms with Gasteiger partial charge in [0.05, 0.1) is 5.69 Å². The molecule has 112 valence electrons. The highest BCUT2D eigenvalue weighted by molar-refractivity contribution is 7.12. The number of fused-ring (bicyclic) bond motifs is 1.